The lowest BCUT2D eigenvalue weighted by Gasteiger charge is -2.24. The molecule has 0 spiro atoms. The zero-order chi connectivity index (χ0) is 45.2. The van der Waals surface area contributed by atoms with E-state index in [1.165, 1.54) is 64.2 Å². The Morgan fingerprint density at radius 1 is 0.484 bits per heavy atom. The fourth-order valence-corrected chi connectivity index (χ4v) is 6.89. The molecule has 3 atom stereocenters. The molecule has 0 radical (unpaired) electrons. The lowest BCUT2D eigenvalue weighted by Crippen LogP contribution is -2.46. The molecule has 0 aromatic carbocycles. The highest BCUT2D eigenvalue weighted by atomic mass is 16.5. The van der Waals surface area contributed by atoms with Gasteiger partial charge in [-0.3, -0.25) is 9.59 Å². The Labute approximate surface area is 381 Å². The van der Waals surface area contributed by atoms with Crippen LogP contribution < -0.4 is 5.32 Å². The first-order valence-corrected chi connectivity index (χ1v) is 25.1. The maximum atomic E-state index is 13.2. The molecular weight excluding hydrogens is 767 g/mol. The Bertz CT molecular complexity index is 1280. The van der Waals surface area contributed by atoms with Gasteiger partial charge in [0.25, 0.3) is 0 Å². The zero-order valence-corrected chi connectivity index (χ0v) is 40.0. The normalized spacial score (nSPS) is 14.2. The summed E-state index contributed by atoms with van der Waals surface area (Å²) in [5.74, 6) is -0.638. The molecule has 0 bridgehead atoms. The zero-order valence-electron chi connectivity index (χ0n) is 40.0. The van der Waals surface area contributed by atoms with Gasteiger partial charge in [-0.05, 0) is 89.9 Å². The van der Waals surface area contributed by atoms with E-state index in [2.05, 4.69) is 129 Å². The highest BCUT2D eigenvalue weighted by Gasteiger charge is 2.23. The molecular formula is C56H93NO5. The summed E-state index contributed by atoms with van der Waals surface area (Å²) in [4.78, 5) is 26.1. The molecule has 0 aliphatic heterocycles. The SMILES string of the molecule is CC/C=C/C/C=C/C/C=C/C/C=C/C/C=C/CCC(=O)OC(CCC/C=C/C/C=C/C/C=C/C/C=C/CC)CC(=O)NC(CO)C(O)CCCCCCCCCCCCCCC. The number of nitrogens with one attached hydrogen (secondary N) is 1. The first kappa shape index (κ1) is 58.5. The van der Waals surface area contributed by atoms with Crippen molar-refractivity contribution in [2.75, 3.05) is 6.61 Å². The van der Waals surface area contributed by atoms with Crippen LogP contribution in [-0.2, 0) is 14.3 Å². The summed E-state index contributed by atoms with van der Waals surface area (Å²) in [6.07, 6.45) is 65.9. The maximum Gasteiger partial charge on any atom is 0.306 e. The number of aliphatic hydroxyl groups excluding tert-OH is 2. The molecule has 0 aliphatic rings. The molecule has 62 heavy (non-hydrogen) atoms. The summed E-state index contributed by atoms with van der Waals surface area (Å²) in [6, 6.07) is -0.740. The van der Waals surface area contributed by atoms with Crippen LogP contribution in [0.1, 0.15) is 207 Å². The van der Waals surface area contributed by atoms with Gasteiger partial charge in [0.2, 0.25) is 5.91 Å². The Morgan fingerprint density at radius 2 is 0.871 bits per heavy atom. The summed E-state index contributed by atoms with van der Waals surface area (Å²) in [5.41, 5.74) is 0. The van der Waals surface area contributed by atoms with Crippen LogP contribution in [0, 0.1) is 0 Å². The highest BCUT2D eigenvalue weighted by Crippen LogP contribution is 2.16. The van der Waals surface area contributed by atoms with Crippen LogP contribution in [0.3, 0.4) is 0 Å². The molecule has 0 heterocycles. The minimum atomic E-state index is -0.820. The topological polar surface area (TPSA) is 95.9 Å². The van der Waals surface area contributed by atoms with Gasteiger partial charge in [-0.1, -0.05) is 214 Å². The number of amides is 1. The van der Waals surface area contributed by atoms with Gasteiger partial charge in [-0.2, -0.15) is 0 Å². The number of esters is 1. The third-order valence-electron chi connectivity index (χ3n) is 10.6. The van der Waals surface area contributed by atoms with Gasteiger partial charge < -0.3 is 20.3 Å². The number of unbranched alkanes of at least 4 members (excludes halogenated alkanes) is 13. The molecule has 0 saturated carbocycles. The fraction of sp³-hybridized carbons (Fsp3) is 0.643. The van der Waals surface area contributed by atoms with Crippen molar-refractivity contribution in [3.8, 4) is 0 Å². The molecule has 1 amide bonds. The van der Waals surface area contributed by atoms with Crippen LogP contribution in [0.15, 0.2) is 109 Å². The Kier molecular flexibility index (Phi) is 45.8. The summed E-state index contributed by atoms with van der Waals surface area (Å²) in [6.45, 7) is 6.21. The standard InChI is InChI=1S/C56H93NO5/c1-4-7-10-13-16-19-22-25-27-28-31-34-37-40-43-46-49-56(61)62-52(47-44-41-38-35-32-30-26-23-20-17-14-11-8-5-2)50-55(60)57-53(51-58)54(59)48-45-42-39-36-33-29-24-21-18-15-12-9-6-3/h7-8,10-11,16-17,19-20,25-27,30-31,34-35,38,40,43,52-54,58-59H,4-6,9,12-15,18,21-24,28-29,32-33,36-37,39,41-42,44-51H2,1-3H3,(H,57,60)/b10-7+,11-8+,19-16+,20-17+,27-25+,30-26+,34-31+,38-35+,43-40+. The minimum absolute atomic E-state index is 0.00355. The third kappa shape index (κ3) is 43.2. The predicted octanol–water partition coefficient (Wildman–Crippen LogP) is 15.1. The lowest BCUT2D eigenvalue weighted by molar-refractivity contribution is -0.150. The van der Waals surface area contributed by atoms with Crippen molar-refractivity contribution in [3.63, 3.8) is 0 Å². The van der Waals surface area contributed by atoms with Gasteiger partial charge in [0.15, 0.2) is 0 Å². The third-order valence-corrected chi connectivity index (χ3v) is 10.6. The molecule has 3 unspecified atom stereocenters. The van der Waals surface area contributed by atoms with Crippen molar-refractivity contribution < 1.29 is 24.5 Å². The minimum Gasteiger partial charge on any atom is -0.462 e. The monoisotopic (exact) mass is 860 g/mol. The molecule has 0 saturated heterocycles. The van der Waals surface area contributed by atoms with Crippen LogP contribution in [0.25, 0.3) is 0 Å². The number of rotatable bonds is 43. The number of allylic oxidation sites excluding steroid dienone is 18. The summed E-state index contributed by atoms with van der Waals surface area (Å²) in [5, 5.41) is 23.7. The molecule has 0 aliphatic carbocycles. The number of carbonyl (C=O) groups excluding carboxylic acids is 2. The quantitative estimate of drug-likeness (QED) is 0.0322. The molecule has 0 fully saturated rings. The van der Waals surface area contributed by atoms with Gasteiger partial charge in [0.05, 0.1) is 25.2 Å². The Balaban J connectivity index is 4.80. The van der Waals surface area contributed by atoms with Gasteiger partial charge >= 0.3 is 5.97 Å². The summed E-state index contributed by atoms with van der Waals surface area (Å²) < 4.78 is 5.85. The number of ether oxygens (including phenoxy) is 1. The lowest BCUT2D eigenvalue weighted by atomic mass is 10.0. The van der Waals surface area contributed by atoms with Crippen molar-refractivity contribution >= 4 is 11.9 Å². The molecule has 0 aromatic heterocycles. The first-order valence-electron chi connectivity index (χ1n) is 25.1. The van der Waals surface area contributed by atoms with Crippen molar-refractivity contribution in [2.45, 2.75) is 225 Å². The van der Waals surface area contributed by atoms with E-state index in [1.54, 1.807) is 0 Å². The van der Waals surface area contributed by atoms with E-state index in [1.807, 2.05) is 6.08 Å². The number of carbonyl (C=O) groups is 2. The maximum absolute atomic E-state index is 13.2. The van der Waals surface area contributed by atoms with E-state index in [-0.39, 0.29) is 31.3 Å². The van der Waals surface area contributed by atoms with E-state index >= 15 is 0 Å². The van der Waals surface area contributed by atoms with E-state index in [9.17, 15) is 19.8 Å². The largest absolute Gasteiger partial charge is 0.462 e. The smallest absolute Gasteiger partial charge is 0.306 e. The average Bonchev–Trinajstić information content (AvgIpc) is 3.26. The van der Waals surface area contributed by atoms with Crippen LogP contribution in [-0.4, -0.2) is 46.9 Å². The molecule has 6 heteroatoms. The molecule has 0 rings (SSSR count). The molecule has 352 valence electrons. The van der Waals surface area contributed by atoms with Crippen LogP contribution in [0.2, 0.25) is 0 Å². The van der Waals surface area contributed by atoms with Crippen LogP contribution in [0.5, 0.6) is 0 Å². The summed E-state index contributed by atoms with van der Waals surface area (Å²) >= 11 is 0. The van der Waals surface area contributed by atoms with E-state index in [0.29, 0.717) is 19.3 Å². The second-order valence-electron chi connectivity index (χ2n) is 16.4. The van der Waals surface area contributed by atoms with Crippen molar-refractivity contribution in [2.24, 2.45) is 0 Å². The highest BCUT2D eigenvalue weighted by molar-refractivity contribution is 5.77. The van der Waals surface area contributed by atoms with Crippen LogP contribution in [0.4, 0.5) is 0 Å². The molecule has 0 aromatic rings. The average molecular weight is 860 g/mol. The van der Waals surface area contributed by atoms with Crippen molar-refractivity contribution in [1.29, 1.82) is 0 Å². The van der Waals surface area contributed by atoms with E-state index in [4.69, 9.17) is 4.74 Å². The Morgan fingerprint density at radius 3 is 1.29 bits per heavy atom. The number of hydrogen-bond donors (Lipinski definition) is 3. The molecule has 6 nitrogen and oxygen atoms in total. The van der Waals surface area contributed by atoms with E-state index < -0.39 is 18.2 Å². The second-order valence-corrected chi connectivity index (χ2v) is 16.4. The van der Waals surface area contributed by atoms with Gasteiger partial charge in [0, 0.05) is 6.42 Å². The van der Waals surface area contributed by atoms with Gasteiger partial charge in [-0.25, -0.2) is 0 Å². The van der Waals surface area contributed by atoms with Crippen molar-refractivity contribution in [3.05, 3.63) is 109 Å². The second kappa shape index (κ2) is 48.6. The Hall–Kier alpha value is -3.48. The van der Waals surface area contributed by atoms with Crippen molar-refractivity contribution in [1.82, 2.24) is 5.32 Å². The van der Waals surface area contributed by atoms with Gasteiger partial charge in [0.1, 0.15) is 6.10 Å². The van der Waals surface area contributed by atoms with Gasteiger partial charge in [-0.15, -0.1) is 0 Å². The molecule has 3 N–H and O–H groups in total. The number of hydrogen-bond acceptors (Lipinski definition) is 5. The summed E-state index contributed by atoms with van der Waals surface area (Å²) in [7, 11) is 0. The van der Waals surface area contributed by atoms with E-state index in [0.717, 1.165) is 89.9 Å². The number of aliphatic hydroxyl groups is 2. The fourth-order valence-electron chi connectivity index (χ4n) is 6.89. The predicted molar refractivity (Wildman–Crippen MR) is 268 cm³/mol. The van der Waals surface area contributed by atoms with Crippen LogP contribution >= 0.6 is 0 Å². The first-order chi connectivity index (χ1) is 30.5.